The van der Waals surface area contributed by atoms with Crippen LogP contribution in [0.1, 0.15) is 18.4 Å². The molecule has 1 unspecified atom stereocenters. The van der Waals surface area contributed by atoms with Crippen LogP contribution in [0.4, 0.5) is 0 Å². The van der Waals surface area contributed by atoms with Gasteiger partial charge >= 0.3 is 0 Å². The Kier molecular flexibility index (Phi) is 6.93. The van der Waals surface area contributed by atoms with Crippen LogP contribution in [0.15, 0.2) is 17.0 Å². The van der Waals surface area contributed by atoms with Gasteiger partial charge in [-0.2, -0.15) is 0 Å². The van der Waals surface area contributed by atoms with Crippen LogP contribution in [0.2, 0.25) is 0 Å². The lowest BCUT2D eigenvalue weighted by Gasteiger charge is -2.15. The van der Waals surface area contributed by atoms with E-state index in [1.54, 1.807) is 13.0 Å². The summed E-state index contributed by atoms with van der Waals surface area (Å²) in [7, 11) is -0.553. The molecule has 1 atom stereocenters. The van der Waals surface area contributed by atoms with E-state index in [1.807, 2.05) is 0 Å². The Morgan fingerprint density at radius 3 is 2.45 bits per heavy atom. The van der Waals surface area contributed by atoms with Crippen LogP contribution in [0, 0.1) is 6.92 Å². The van der Waals surface area contributed by atoms with Crippen molar-refractivity contribution in [2.75, 3.05) is 27.3 Å². The summed E-state index contributed by atoms with van der Waals surface area (Å²) in [6.45, 7) is 3.09. The third-order valence-electron chi connectivity index (χ3n) is 3.65. The number of hydrogen-bond donors (Lipinski definition) is 2. The van der Waals surface area contributed by atoms with Gasteiger partial charge in [0.05, 0.1) is 19.1 Å². The molecule has 1 aromatic rings. The minimum atomic E-state index is -3.56. The highest BCUT2D eigenvalue weighted by Crippen LogP contribution is 2.32. The Morgan fingerprint density at radius 1 is 1.27 bits per heavy atom. The quantitative estimate of drug-likeness (QED) is 0.812. The van der Waals surface area contributed by atoms with Gasteiger partial charge in [0.15, 0.2) is 11.5 Å². The van der Waals surface area contributed by atoms with E-state index in [4.69, 9.17) is 9.47 Å². The molecule has 1 saturated heterocycles. The van der Waals surface area contributed by atoms with Crippen LogP contribution >= 0.6 is 12.4 Å². The first-order valence-corrected chi connectivity index (χ1v) is 8.42. The summed E-state index contributed by atoms with van der Waals surface area (Å²) in [6, 6.07) is 3.38. The minimum absolute atomic E-state index is 0. The molecular formula is C14H23ClN2O4S. The van der Waals surface area contributed by atoms with E-state index in [0.29, 0.717) is 23.6 Å². The third-order valence-corrected chi connectivity index (χ3v) is 5.22. The molecule has 1 aliphatic rings. The summed E-state index contributed by atoms with van der Waals surface area (Å²) in [5.41, 5.74) is 0.625. The highest BCUT2D eigenvalue weighted by molar-refractivity contribution is 7.89. The van der Waals surface area contributed by atoms with Gasteiger partial charge in [-0.1, -0.05) is 0 Å². The fraction of sp³-hybridized carbons (Fsp3) is 0.571. The van der Waals surface area contributed by atoms with Crippen LogP contribution in [0.5, 0.6) is 11.5 Å². The second-order valence-electron chi connectivity index (χ2n) is 5.12. The fourth-order valence-electron chi connectivity index (χ4n) is 2.47. The molecule has 1 aromatic carbocycles. The van der Waals surface area contributed by atoms with Crippen molar-refractivity contribution in [1.29, 1.82) is 0 Å². The van der Waals surface area contributed by atoms with Gasteiger partial charge in [-0.3, -0.25) is 0 Å². The summed E-state index contributed by atoms with van der Waals surface area (Å²) in [4.78, 5) is 0.221. The van der Waals surface area contributed by atoms with Crippen LogP contribution in [-0.2, 0) is 10.0 Å². The van der Waals surface area contributed by atoms with Crippen LogP contribution in [0.3, 0.4) is 0 Å². The van der Waals surface area contributed by atoms with Gasteiger partial charge in [0.2, 0.25) is 10.0 Å². The minimum Gasteiger partial charge on any atom is -0.493 e. The lowest BCUT2D eigenvalue weighted by Crippen LogP contribution is -2.37. The average Bonchev–Trinajstić information content (AvgIpc) is 2.98. The highest BCUT2D eigenvalue weighted by Gasteiger charge is 2.22. The Morgan fingerprint density at radius 2 is 1.91 bits per heavy atom. The van der Waals surface area contributed by atoms with E-state index >= 15 is 0 Å². The molecule has 6 nitrogen and oxygen atoms in total. The van der Waals surface area contributed by atoms with Crippen molar-refractivity contribution >= 4 is 22.4 Å². The zero-order valence-corrected chi connectivity index (χ0v) is 14.6. The molecule has 0 saturated carbocycles. The topological polar surface area (TPSA) is 76.7 Å². The maximum Gasteiger partial charge on any atom is 0.241 e. The molecule has 0 bridgehead atoms. The molecule has 0 spiro atoms. The summed E-state index contributed by atoms with van der Waals surface area (Å²) < 4.78 is 37.9. The lowest BCUT2D eigenvalue weighted by atomic mass is 10.2. The van der Waals surface area contributed by atoms with Gasteiger partial charge in [-0.05, 0) is 37.9 Å². The Hall–Kier alpha value is -1.02. The molecule has 0 amide bonds. The van der Waals surface area contributed by atoms with Crippen LogP contribution in [-0.4, -0.2) is 41.8 Å². The van der Waals surface area contributed by atoms with Crippen molar-refractivity contribution < 1.29 is 17.9 Å². The van der Waals surface area contributed by atoms with Crippen molar-refractivity contribution in [1.82, 2.24) is 10.0 Å². The Bertz CT molecular complexity index is 601. The van der Waals surface area contributed by atoms with Gasteiger partial charge in [0, 0.05) is 18.7 Å². The second-order valence-corrected chi connectivity index (χ2v) is 6.85. The van der Waals surface area contributed by atoms with Gasteiger partial charge in [-0.25, -0.2) is 13.1 Å². The molecule has 22 heavy (non-hydrogen) atoms. The molecule has 1 fully saturated rings. The van der Waals surface area contributed by atoms with E-state index in [-0.39, 0.29) is 23.3 Å². The number of methoxy groups -OCH3 is 2. The monoisotopic (exact) mass is 350 g/mol. The first-order chi connectivity index (χ1) is 9.97. The van der Waals surface area contributed by atoms with E-state index in [2.05, 4.69) is 10.0 Å². The number of rotatable bonds is 6. The first kappa shape index (κ1) is 19.0. The summed E-state index contributed by atoms with van der Waals surface area (Å²) in [5.74, 6) is 0.925. The van der Waals surface area contributed by atoms with Crippen LogP contribution < -0.4 is 19.5 Å². The zero-order chi connectivity index (χ0) is 15.5. The fourth-order valence-corrected chi connectivity index (χ4v) is 3.79. The standard InChI is InChI=1S/C14H22N2O4S.ClH/c1-10-7-12(19-2)13(20-3)8-14(10)21(17,18)16-9-11-5-4-6-15-11;/h7-8,11,15-16H,4-6,9H2,1-3H3;1H. The largest absolute Gasteiger partial charge is 0.493 e. The predicted octanol–water partition coefficient (Wildman–Crippen LogP) is 1.46. The van der Waals surface area contributed by atoms with Gasteiger partial charge in [0.25, 0.3) is 0 Å². The normalized spacial score (nSPS) is 17.9. The molecule has 1 heterocycles. The molecule has 0 radical (unpaired) electrons. The smallest absolute Gasteiger partial charge is 0.241 e. The molecule has 0 aliphatic carbocycles. The molecule has 0 aromatic heterocycles. The second kappa shape index (κ2) is 8.01. The first-order valence-electron chi connectivity index (χ1n) is 6.93. The van der Waals surface area contributed by atoms with E-state index in [9.17, 15) is 8.42 Å². The number of hydrogen-bond acceptors (Lipinski definition) is 5. The summed E-state index contributed by atoms with van der Waals surface area (Å²) in [5, 5.41) is 3.26. The van der Waals surface area contributed by atoms with Gasteiger partial charge < -0.3 is 14.8 Å². The zero-order valence-electron chi connectivity index (χ0n) is 13.0. The number of ether oxygens (including phenoxy) is 2. The van der Waals surface area contributed by atoms with Crippen molar-refractivity contribution in [3.8, 4) is 11.5 Å². The average molecular weight is 351 g/mol. The number of aryl methyl sites for hydroxylation is 1. The van der Waals surface area contributed by atoms with Gasteiger partial charge in [-0.15, -0.1) is 12.4 Å². The summed E-state index contributed by atoms with van der Waals surface area (Å²) >= 11 is 0. The van der Waals surface area contributed by atoms with Crippen molar-refractivity contribution in [2.24, 2.45) is 0 Å². The number of benzene rings is 1. The SMILES string of the molecule is COc1cc(C)c(S(=O)(=O)NCC2CCCN2)cc1OC.Cl. The molecule has 1 aliphatic heterocycles. The number of nitrogens with one attached hydrogen (secondary N) is 2. The maximum absolute atomic E-state index is 12.4. The Balaban J connectivity index is 0.00000242. The lowest BCUT2D eigenvalue weighted by molar-refractivity contribution is 0.353. The molecule has 126 valence electrons. The number of halogens is 1. The highest BCUT2D eigenvalue weighted by atomic mass is 35.5. The van der Waals surface area contributed by atoms with E-state index in [0.717, 1.165) is 19.4 Å². The van der Waals surface area contributed by atoms with Crippen molar-refractivity contribution in [3.05, 3.63) is 17.7 Å². The van der Waals surface area contributed by atoms with E-state index in [1.165, 1.54) is 20.3 Å². The van der Waals surface area contributed by atoms with E-state index < -0.39 is 10.0 Å². The Labute approximate surface area is 138 Å². The number of sulfonamides is 1. The molecule has 2 N–H and O–H groups in total. The van der Waals surface area contributed by atoms with Crippen molar-refractivity contribution in [2.45, 2.75) is 30.7 Å². The predicted molar refractivity (Wildman–Crippen MR) is 87.7 cm³/mol. The maximum atomic E-state index is 12.4. The molecule has 8 heteroatoms. The van der Waals surface area contributed by atoms with Crippen molar-refractivity contribution in [3.63, 3.8) is 0 Å². The van der Waals surface area contributed by atoms with Gasteiger partial charge in [0.1, 0.15) is 0 Å². The summed E-state index contributed by atoms with van der Waals surface area (Å²) in [6.07, 6.45) is 2.08. The molecule has 2 rings (SSSR count). The van der Waals surface area contributed by atoms with Crippen LogP contribution in [0.25, 0.3) is 0 Å². The molecular weight excluding hydrogens is 328 g/mol. The third kappa shape index (κ3) is 4.25.